The lowest BCUT2D eigenvalue weighted by atomic mass is 10.3. The SMILES string of the molecule is Cc1nc(C)c(C(=O)NC2(CCl)CC2)o1. The van der Waals surface area contributed by atoms with Crippen molar-refractivity contribution in [3.05, 3.63) is 17.3 Å². The van der Waals surface area contributed by atoms with E-state index >= 15 is 0 Å². The van der Waals surface area contributed by atoms with Gasteiger partial charge >= 0.3 is 0 Å². The molecule has 4 nitrogen and oxygen atoms in total. The van der Waals surface area contributed by atoms with Crippen LogP contribution in [0.1, 0.15) is 35.0 Å². The first-order chi connectivity index (χ1) is 7.06. The van der Waals surface area contributed by atoms with Gasteiger partial charge in [0.25, 0.3) is 5.91 Å². The standard InChI is InChI=1S/C10H13ClN2O2/c1-6-8(15-7(2)12-6)9(14)13-10(5-11)3-4-10/h3-5H2,1-2H3,(H,13,14). The fourth-order valence-corrected chi connectivity index (χ4v) is 1.82. The maximum Gasteiger partial charge on any atom is 0.289 e. The van der Waals surface area contributed by atoms with Gasteiger partial charge in [0.2, 0.25) is 5.76 Å². The highest BCUT2D eigenvalue weighted by molar-refractivity contribution is 6.19. The Labute approximate surface area is 93.0 Å². The van der Waals surface area contributed by atoms with E-state index in [0.29, 0.717) is 23.2 Å². The van der Waals surface area contributed by atoms with Crippen LogP contribution in [0.4, 0.5) is 0 Å². The number of amides is 1. The van der Waals surface area contributed by atoms with Crippen LogP contribution in [0.3, 0.4) is 0 Å². The molecule has 0 aromatic carbocycles. The van der Waals surface area contributed by atoms with E-state index in [-0.39, 0.29) is 11.4 Å². The van der Waals surface area contributed by atoms with Gasteiger partial charge in [0, 0.05) is 12.8 Å². The van der Waals surface area contributed by atoms with E-state index in [1.807, 2.05) is 0 Å². The van der Waals surface area contributed by atoms with Crippen LogP contribution in [0.15, 0.2) is 4.42 Å². The first kappa shape index (κ1) is 10.5. The molecule has 1 heterocycles. The Morgan fingerprint density at radius 3 is 2.67 bits per heavy atom. The predicted molar refractivity (Wildman–Crippen MR) is 56.1 cm³/mol. The van der Waals surface area contributed by atoms with Crippen LogP contribution in [0.2, 0.25) is 0 Å². The van der Waals surface area contributed by atoms with E-state index in [9.17, 15) is 4.79 Å². The molecule has 0 unspecified atom stereocenters. The molecule has 1 saturated carbocycles. The minimum atomic E-state index is -0.216. The fraction of sp³-hybridized carbons (Fsp3) is 0.600. The number of oxazole rings is 1. The Morgan fingerprint density at radius 2 is 2.27 bits per heavy atom. The van der Waals surface area contributed by atoms with Gasteiger partial charge < -0.3 is 9.73 Å². The lowest BCUT2D eigenvalue weighted by Crippen LogP contribution is -2.38. The molecule has 1 amide bonds. The largest absolute Gasteiger partial charge is 0.436 e. The number of carbonyl (C=O) groups is 1. The third-order valence-electron chi connectivity index (χ3n) is 2.60. The number of hydrogen-bond acceptors (Lipinski definition) is 3. The second-order valence-corrected chi connectivity index (χ2v) is 4.28. The van der Waals surface area contributed by atoms with Crippen molar-refractivity contribution in [3.8, 4) is 0 Å². The average molecular weight is 229 g/mol. The van der Waals surface area contributed by atoms with Crippen molar-refractivity contribution in [1.82, 2.24) is 10.3 Å². The summed E-state index contributed by atoms with van der Waals surface area (Å²) in [5, 5.41) is 2.88. The average Bonchev–Trinajstić information content (AvgIpc) is 2.86. The molecule has 1 aliphatic carbocycles. The van der Waals surface area contributed by atoms with Crippen molar-refractivity contribution in [2.45, 2.75) is 32.2 Å². The van der Waals surface area contributed by atoms with E-state index in [2.05, 4.69) is 10.3 Å². The second kappa shape index (κ2) is 3.52. The molecule has 1 N–H and O–H groups in total. The fourth-order valence-electron chi connectivity index (χ4n) is 1.48. The van der Waals surface area contributed by atoms with E-state index < -0.39 is 0 Å². The number of carbonyl (C=O) groups excluding carboxylic acids is 1. The Bertz CT molecular complexity index is 396. The minimum absolute atomic E-state index is 0.203. The Kier molecular flexibility index (Phi) is 2.46. The van der Waals surface area contributed by atoms with E-state index in [1.54, 1.807) is 13.8 Å². The van der Waals surface area contributed by atoms with Gasteiger partial charge in [0.1, 0.15) is 0 Å². The first-order valence-corrected chi connectivity index (χ1v) is 5.42. The number of aromatic nitrogens is 1. The van der Waals surface area contributed by atoms with Crippen molar-refractivity contribution in [3.63, 3.8) is 0 Å². The molecule has 1 fully saturated rings. The first-order valence-electron chi connectivity index (χ1n) is 4.89. The molecule has 5 heteroatoms. The number of nitrogens with zero attached hydrogens (tertiary/aromatic N) is 1. The number of nitrogens with one attached hydrogen (secondary N) is 1. The van der Waals surface area contributed by atoms with Crippen LogP contribution < -0.4 is 5.32 Å². The van der Waals surface area contributed by atoms with Gasteiger partial charge in [-0.25, -0.2) is 4.98 Å². The predicted octanol–water partition coefficient (Wildman–Crippen LogP) is 1.79. The van der Waals surface area contributed by atoms with E-state index in [4.69, 9.17) is 16.0 Å². The van der Waals surface area contributed by atoms with Crippen molar-refractivity contribution in [2.24, 2.45) is 0 Å². The lowest BCUT2D eigenvalue weighted by molar-refractivity contribution is 0.0905. The van der Waals surface area contributed by atoms with Crippen LogP contribution in [-0.2, 0) is 0 Å². The van der Waals surface area contributed by atoms with Crippen molar-refractivity contribution in [2.75, 3.05) is 5.88 Å². The molecule has 0 bridgehead atoms. The summed E-state index contributed by atoms with van der Waals surface area (Å²) in [5.74, 6) is 1.04. The summed E-state index contributed by atoms with van der Waals surface area (Å²) >= 11 is 5.77. The van der Waals surface area contributed by atoms with Gasteiger partial charge in [0.15, 0.2) is 5.89 Å². The third-order valence-corrected chi connectivity index (χ3v) is 3.11. The Balaban J connectivity index is 2.11. The van der Waals surface area contributed by atoms with Crippen molar-refractivity contribution >= 4 is 17.5 Å². The Hall–Kier alpha value is -1.03. The van der Waals surface area contributed by atoms with Crippen molar-refractivity contribution < 1.29 is 9.21 Å². The quantitative estimate of drug-likeness (QED) is 0.803. The summed E-state index contributed by atoms with van der Waals surface area (Å²) in [4.78, 5) is 15.8. The summed E-state index contributed by atoms with van der Waals surface area (Å²) in [7, 11) is 0. The topological polar surface area (TPSA) is 55.1 Å². The second-order valence-electron chi connectivity index (χ2n) is 4.02. The normalized spacial score (nSPS) is 17.5. The zero-order valence-corrected chi connectivity index (χ0v) is 9.52. The molecule has 1 aliphatic rings. The highest BCUT2D eigenvalue weighted by Crippen LogP contribution is 2.36. The molecular weight excluding hydrogens is 216 g/mol. The highest BCUT2D eigenvalue weighted by atomic mass is 35.5. The summed E-state index contributed by atoms with van der Waals surface area (Å²) in [5.41, 5.74) is 0.418. The molecule has 0 spiro atoms. The summed E-state index contributed by atoms with van der Waals surface area (Å²) < 4.78 is 5.23. The maximum absolute atomic E-state index is 11.8. The molecular formula is C10H13ClN2O2. The monoisotopic (exact) mass is 228 g/mol. The van der Waals surface area contributed by atoms with Gasteiger partial charge in [-0.05, 0) is 19.8 Å². The van der Waals surface area contributed by atoms with Gasteiger partial charge in [-0.2, -0.15) is 0 Å². The van der Waals surface area contributed by atoms with Crippen LogP contribution in [0.5, 0.6) is 0 Å². The number of hydrogen-bond donors (Lipinski definition) is 1. The molecule has 0 saturated heterocycles. The summed E-state index contributed by atoms with van der Waals surface area (Å²) in [6.45, 7) is 3.48. The van der Waals surface area contributed by atoms with Gasteiger partial charge in [0.05, 0.1) is 11.2 Å². The van der Waals surface area contributed by atoms with E-state index in [0.717, 1.165) is 12.8 Å². The summed E-state index contributed by atoms with van der Waals surface area (Å²) in [6, 6.07) is 0. The lowest BCUT2D eigenvalue weighted by Gasteiger charge is -2.12. The van der Waals surface area contributed by atoms with Crippen LogP contribution in [-0.4, -0.2) is 22.3 Å². The molecule has 1 aromatic rings. The van der Waals surface area contributed by atoms with Gasteiger partial charge in [-0.15, -0.1) is 11.6 Å². The smallest absolute Gasteiger partial charge is 0.289 e. The van der Waals surface area contributed by atoms with E-state index in [1.165, 1.54) is 0 Å². The molecule has 0 radical (unpaired) electrons. The van der Waals surface area contributed by atoms with Gasteiger partial charge in [-0.1, -0.05) is 0 Å². The third kappa shape index (κ3) is 2.00. The summed E-state index contributed by atoms with van der Waals surface area (Å²) in [6.07, 6.45) is 1.88. The minimum Gasteiger partial charge on any atom is -0.436 e. The Morgan fingerprint density at radius 1 is 1.60 bits per heavy atom. The maximum atomic E-state index is 11.8. The molecule has 0 aliphatic heterocycles. The van der Waals surface area contributed by atoms with Crippen LogP contribution in [0.25, 0.3) is 0 Å². The van der Waals surface area contributed by atoms with Crippen molar-refractivity contribution in [1.29, 1.82) is 0 Å². The van der Waals surface area contributed by atoms with Gasteiger partial charge in [-0.3, -0.25) is 4.79 Å². The zero-order valence-electron chi connectivity index (χ0n) is 8.76. The van der Waals surface area contributed by atoms with Crippen LogP contribution in [0, 0.1) is 13.8 Å². The van der Waals surface area contributed by atoms with Crippen LogP contribution >= 0.6 is 11.6 Å². The number of alkyl halides is 1. The molecule has 0 atom stereocenters. The molecule has 15 heavy (non-hydrogen) atoms. The zero-order chi connectivity index (χ0) is 11.1. The molecule has 82 valence electrons. The number of aryl methyl sites for hydroxylation is 2. The molecule has 1 aromatic heterocycles. The number of rotatable bonds is 3. The highest BCUT2D eigenvalue weighted by Gasteiger charge is 2.44. The number of halogens is 1. The molecule has 2 rings (SSSR count).